The Bertz CT molecular complexity index is 587. The van der Waals surface area contributed by atoms with Gasteiger partial charge in [-0.25, -0.2) is 9.59 Å². The number of alkyl carbamates (subject to hydrolysis) is 1. The number of rotatable bonds is 5. The van der Waals surface area contributed by atoms with E-state index < -0.39 is 23.7 Å². The molecular weight excluding hydrogens is 344 g/mol. The van der Waals surface area contributed by atoms with Crippen LogP contribution in [0.5, 0.6) is 0 Å². The lowest BCUT2D eigenvalue weighted by molar-refractivity contribution is -0.139. The molecule has 2 rings (SSSR count). The van der Waals surface area contributed by atoms with Crippen LogP contribution in [0, 0.1) is 0 Å². The van der Waals surface area contributed by atoms with Crippen LogP contribution < -0.4 is 10.6 Å². The smallest absolute Gasteiger partial charge is 0.408 e. The van der Waals surface area contributed by atoms with Crippen LogP contribution in [0.1, 0.15) is 64.5 Å². The van der Waals surface area contributed by atoms with Crippen LogP contribution in [0.3, 0.4) is 0 Å². The maximum atomic E-state index is 11.8. The summed E-state index contributed by atoms with van der Waals surface area (Å²) in [5, 5.41) is 15.1. The molecule has 0 saturated carbocycles. The van der Waals surface area contributed by atoms with Gasteiger partial charge in [-0.05, 0) is 63.7 Å². The van der Waals surface area contributed by atoms with Gasteiger partial charge in [0.2, 0.25) is 0 Å². The van der Waals surface area contributed by atoms with Crippen molar-refractivity contribution in [1.29, 1.82) is 0 Å². The molecule has 1 aliphatic heterocycles. The summed E-state index contributed by atoms with van der Waals surface area (Å²) in [6.45, 7) is 11.3. The molecule has 6 heteroatoms. The number of aliphatic carboxylic acids is 1. The number of carbonyl (C=O) groups is 2. The standard InChI is InChI=1S/C19H28N2O4.C2H6/c1-19(2,3)25-18(24)21-16(17(22)23)12-13-4-6-14(7-5-13)15-8-10-20-11-9-15;1-2/h4-7,15-16,20H,8-12H2,1-3H3,(H,21,24)(H,22,23);1-2H3/t16-;/m0./s1. The second kappa shape index (κ2) is 10.9. The van der Waals surface area contributed by atoms with E-state index in [2.05, 4.69) is 22.8 Å². The van der Waals surface area contributed by atoms with Gasteiger partial charge in [-0.15, -0.1) is 0 Å². The van der Waals surface area contributed by atoms with Gasteiger partial charge in [0.1, 0.15) is 11.6 Å². The number of nitrogens with one attached hydrogen (secondary N) is 2. The van der Waals surface area contributed by atoms with E-state index in [0.717, 1.165) is 31.5 Å². The van der Waals surface area contributed by atoms with E-state index in [0.29, 0.717) is 5.92 Å². The zero-order chi connectivity index (χ0) is 20.4. The van der Waals surface area contributed by atoms with Crippen molar-refractivity contribution >= 4 is 12.1 Å². The van der Waals surface area contributed by atoms with Crippen molar-refractivity contribution in [3.63, 3.8) is 0 Å². The predicted molar refractivity (Wildman–Crippen MR) is 107 cm³/mol. The minimum absolute atomic E-state index is 0.223. The number of amides is 1. The maximum Gasteiger partial charge on any atom is 0.408 e. The van der Waals surface area contributed by atoms with Crippen LogP contribution in [-0.2, 0) is 16.0 Å². The van der Waals surface area contributed by atoms with E-state index in [-0.39, 0.29) is 6.42 Å². The molecular formula is C21H34N2O4. The molecule has 1 aromatic rings. The molecule has 0 aromatic heterocycles. The first-order valence-corrected chi connectivity index (χ1v) is 9.76. The molecule has 1 atom stereocenters. The fraction of sp³-hybridized carbons (Fsp3) is 0.619. The number of carbonyl (C=O) groups excluding carboxylic acids is 1. The number of hydrogen-bond acceptors (Lipinski definition) is 4. The van der Waals surface area contributed by atoms with Crippen LogP contribution in [-0.4, -0.2) is 41.9 Å². The summed E-state index contributed by atoms with van der Waals surface area (Å²) >= 11 is 0. The van der Waals surface area contributed by atoms with E-state index >= 15 is 0 Å². The third kappa shape index (κ3) is 8.43. The minimum atomic E-state index is -1.08. The molecule has 0 bridgehead atoms. The van der Waals surface area contributed by atoms with Crippen molar-refractivity contribution < 1.29 is 19.4 Å². The average Bonchev–Trinajstić information content (AvgIpc) is 2.62. The topological polar surface area (TPSA) is 87.7 Å². The van der Waals surface area contributed by atoms with Gasteiger partial charge < -0.3 is 20.5 Å². The third-order valence-electron chi connectivity index (χ3n) is 4.22. The van der Waals surface area contributed by atoms with Crippen molar-refractivity contribution in [2.45, 2.75) is 71.4 Å². The van der Waals surface area contributed by atoms with Gasteiger partial charge in [-0.2, -0.15) is 0 Å². The van der Waals surface area contributed by atoms with Gasteiger partial charge in [0.25, 0.3) is 0 Å². The summed E-state index contributed by atoms with van der Waals surface area (Å²) in [4.78, 5) is 23.3. The molecule has 0 unspecified atom stereocenters. The quantitative estimate of drug-likeness (QED) is 0.727. The monoisotopic (exact) mass is 378 g/mol. The number of benzene rings is 1. The second-order valence-electron chi connectivity index (χ2n) is 7.51. The van der Waals surface area contributed by atoms with E-state index in [1.54, 1.807) is 20.8 Å². The first-order chi connectivity index (χ1) is 12.7. The van der Waals surface area contributed by atoms with Crippen molar-refractivity contribution in [2.75, 3.05) is 13.1 Å². The second-order valence-corrected chi connectivity index (χ2v) is 7.51. The lowest BCUT2D eigenvalue weighted by atomic mass is 9.89. The minimum Gasteiger partial charge on any atom is -0.480 e. The molecule has 3 N–H and O–H groups in total. The highest BCUT2D eigenvalue weighted by Gasteiger charge is 2.24. The molecule has 0 spiro atoms. The summed E-state index contributed by atoms with van der Waals surface area (Å²) in [6.07, 6.45) is 1.75. The third-order valence-corrected chi connectivity index (χ3v) is 4.22. The molecule has 1 saturated heterocycles. The van der Waals surface area contributed by atoms with Crippen LogP contribution >= 0.6 is 0 Å². The zero-order valence-corrected chi connectivity index (χ0v) is 17.2. The molecule has 0 aliphatic carbocycles. The maximum absolute atomic E-state index is 11.8. The largest absolute Gasteiger partial charge is 0.480 e. The highest BCUT2D eigenvalue weighted by molar-refractivity contribution is 5.80. The summed E-state index contributed by atoms with van der Waals surface area (Å²) < 4.78 is 5.14. The van der Waals surface area contributed by atoms with E-state index in [1.807, 2.05) is 26.0 Å². The summed E-state index contributed by atoms with van der Waals surface area (Å²) in [7, 11) is 0. The van der Waals surface area contributed by atoms with Crippen molar-refractivity contribution in [1.82, 2.24) is 10.6 Å². The Balaban J connectivity index is 0.00000176. The van der Waals surface area contributed by atoms with Crippen LogP contribution in [0.2, 0.25) is 0 Å². The Hall–Kier alpha value is -2.08. The van der Waals surface area contributed by atoms with Crippen LogP contribution in [0.4, 0.5) is 4.79 Å². The lowest BCUT2D eigenvalue weighted by Gasteiger charge is -2.23. The van der Waals surface area contributed by atoms with Gasteiger partial charge in [0.15, 0.2) is 0 Å². The highest BCUT2D eigenvalue weighted by atomic mass is 16.6. The zero-order valence-electron chi connectivity index (χ0n) is 17.2. The number of ether oxygens (including phenoxy) is 1. The van der Waals surface area contributed by atoms with Crippen LogP contribution in [0.15, 0.2) is 24.3 Å². The molecule has 1 aromatic carbocycles. The van der Waals surface area contributed by atoms with Gasteiger partial charge >= 0.3 is 12.1 Å². The molecule has 1 heterocycles. The fourth-order valence-corrected chi connectivity index (χ4v) is 2.97. The Labute approximate surface area is 162 Å². The molecule has 0 radical (unpaired) electrons. The highest BCUT2D eigenvalue weighted by Crippen LogP contribution is 2.25. The van der Waals surface area contributed by atoms with Gasteiger partial charge in [0.05, 0.1) is 0 Å². The van der Waals surface area contributed by atoms with Crippen molar-refractivity contribution in [2.24, 2.45) is 0 Å². The number of carboxylic acid groups (broad SMARTS) is 1. The normalized spacial score (nSPS) is 15.9. The number of piperidine rings is 1. The number of hydrogen-bond donors (Lipinski definition) is 3. The van der Waals surface area contributed by atoms with Gasteiger partial charge in [0, 0.05) is 6.42 Å². The van der Waals surface area contributed by atoms with Crippen molar-refractivity contribution in [3.05, 3.63) is 35.4 Å². The Morgan fingerprint density at radius 1 is 1.19 bits per heavy atom. The Kier molecular flexibility index (Phi) is 9.29. The molecule has 6 nitrogen and oxygen atoms in total. The van der Waals surface area contributed by atoms with Gasteiger partial charge in [-0.1, -0.05) is 38.1 Å². The fourth-order valence-electron chi connectivity index (χ4n) is 2.97. The predicted octanol–water partition coefficient (Wildman–Crippen LogP) is 3.70. The Morgan fingerprint density at radius 3 is 2.22 bits per heavy atom. The van der Waals surface area contributed by atoms with E-state index in [9.17, 15) is 14.7 Å². The van der Waals surface area contributed by atoms with Crippen LogP contribution in [0.25, 0.3) is 0 Å². The molecule has 1 fully saturated rings. The summed E-state index contributed by atoms with van der Waals surface area (Å²) in [5.74, 6) is -0.515. The lowest BCUT2D eigenvalue weighted by Crippen LogP contribution is -2.44. The first kappa shape index (κ1) is 23.0. The SMILES string of the molecule is CC.CC(C)(C)OC(=O)N[C@@H](Cc1ccc(C2CCNCC2)cc1)C(=O)O. The van der Waals surface area contributed by atoms with Crippen molar-refractivity contribution in [3.8, 4) is 0 Å². The molecule has 1 aliphatic rings. The summed E-state index contributed by atoms with van der Waals surface area (Å²) in [6, 6.07) is 7.02. The number of carboxylic acids is 1. The Morgan fingerprint density at radius 2 is 1.74 bits per heavy atom. The van der Waals surface area contributed by atoms with E-state index in [4.69, 9.17) is 4.74 Å². The van der Waals surface area contributed by atoms with Gasteiger partial charge in [-0.3, -0.25) is 0 Å². The molecule has 1 amide bonds. The molecule has 27 heavy (non-hydrogen) atoms. The average molecular weight is 379 g/mol. The summed E-state index contributed by atoms with van der Waals surface area (Å²) in [5.41, 5.74) is 1.50. The first-order valence-electron chi connectivity index (χ1n) is 9.76. The molecule has 152 valence electrons. The van der Waals surface area contributed by atoms with E-state index in [1.165, 1.54) is 5.56 Å².